The molecule has 0 radical (unpaired) electrons. The van der Waals surface area contributed by atoms with E-state index in [4.69, 9.17) is 0 Å². The van der Waals surface area contributed by atoms with Crippen molar-refractivity contribution in [3.05, 3.63) is 0 Å². The summed E-state index contributed by atoms with van der Waals surface area (Å²) in [6.45, 7) is 1.82. The topological polar surface area (TPSA) is 41.1 Å². The molecule has 2 N–H and O–H groups in total. The number of hydrogen-bond donors (Lipinski definition) is 2. The van der Waals surface area contributed by atoms with Crippen LogP contribution in [0.25, 0.3) is 0 Å². The lowest BCUT2D eigenvalue weighted by Crippen LogP contribution is -2.52. The summed E-state index contributed by atoms with van der Waals surface area (Å²) in [5.41, 5.74) is 0.452. The first-order valence-corrected chi connectivity index (χ1v) is 12.2. The highest BCUT2D eigenvalue weighted by molar-refractivity contribution is 5.73. The van der Waals surface area contributed by atoms with Crippen LogP contribution in [-0.4, -0.2) is 19.1 Å². The van der Waals surface area contributed by atoms with Crippen molar-refractivity contribution >= 4 is 6.03 Å². The van der Waals surface area contributed by atoms with Crippen molar-refractivity contribution in [2.24, 2.45) is 52.8 Å². The Labute approximate surface area is 164 Å². The second kappa shape index (κ2) is 6.39. The van der Waals surface area contributed by atoms with Crippen LogP contribution in [0.3, 0.4) is 0 Å². The van der Waals surface area contributed by atoms with E-state index in [9.17, 15) is 4.79 Å². The third-order valence-corrected chi connectivity index (χ3v) is 9.97. The fraction of sp³-hybridized carbons (Fsp3) is 0.958. The molecule has 0 aliphatic heterocycles. The molecule has 0 saturated heterocycles. The van der Waals surface area contributed by atoms with E-state index in [1.54, 1.807) is 0 Å². The second-order valence-electron chi connectivity index (χ2n) is 11.9. The molecule has 150 valence electrons. The number of carbonyl (C=O) groups excluding carboxylic acids is 1. The summed E-state index contributed by atoms with van der Waals surface area (Å²) in [4.78, 5) is 12.5. The monoisotopic (exact) mass is 370 g/mol. The molecule has 3 heteroatoms. The van der Waals surface area contributed by atoms with Crippen molar-refractivity contribution in [1.82, 2.24) is 10.6 Å². The van der Waals surface area contributed by atoms with Gasteiger partial charge in [-0.3, -0.25) is 0 Å². The molecule has 8 bridgehead atoms. The minimum absolute atomic E-state index is 0.106. The number of urea groups is 1. The molecule has 8 saturated carbocycles. The summed E-state index contributed by atoms with van der Waals surface area (Å²) in [6, 6.07) is 0.106. The van der Waals surface area contributed by atoms with Gasteiger partial charge in [-0.15, -0.1) is 0 Å². The van der Waals surface area contributed by atoms with E-state index in [-0.39, 0.29) is 6.03 Å². The highest BCUT2D eigenvalue weighted by Crippen LogP contribution is 2.60. The van der Waals surface area contributed by atoms with Crippen LogP contribution in [0.15, 0.2) is 0 Å². The van der Waals surface area contributed by atoms with E-state index < -0.39 is 0 Å². The molecule has 27 heavy (non-hydrogen) atoms. The first-order valence-electron chi connectivity index (χ1n) is 12.2. The van der Waals surface area contributed by atoms with Gasteiger partial charge in [-0.05, 0) is 130 Å². The molecule has 8 fully saturated rings. The molecule has 0 spiro atoms. The predicted octanol–water partition coefficient (Wildman–Crippen LogP) is 4.96. The van der Waals surface area contributed by atoms with Crippen molar-refractivity contribution in [2.45, 2.75) is 77.0 Å². The second-order valence-corrected chi connectivity index (χ2v) is 11.9. The lowest BCUT2D eigenvalue weighted by molar-refractivity contribution is -0.0499. The first-order chi connectivity index (χ1) is 13.1. The smallest absolute Gasteiger partial charge is 0.314 e. The average molecular weight is 371 g/mol. The van der Waals surface area contributed by atoms with Gasteiger partial charge in [0.25, 0.3) is 0 Å². The number of nitrogens with one attached hydrogen (secondary N) is 2. The van der Waals surface area contributed by atoms with E-state index in [2.05, 4.69) is 10.6 Å². The molecular formula is C24H38N2O. The fourth-order valence-electron chi connectivity index (χ4n) is 9.70. The van der Waals surface area contributed by atoms with Crippen LogP contribution < -0.4 is 10.6 Å². The van der Waals surface area contributed by atoms with Gasteiger partial charge < -0.3 is 10.6 Å². The molecule has 0 aromatic carbocycles. The van der Waals surface area contributed by atoms with Gasteiger partial charge in [0.1, 0.15) is 0 Å². The first kappa shape index (κ1) is 17.2. The third-order valence-electron chi connectivity index (χ3n) is 9.97. The maximum atomic E-state index is 12.5. The van der Waals surface area contributed by atoms with E-state index >= 15 is 0 Å². The Balaban J connectivity index is 0.969. The van der Waals surface area contributed by atoms with Crippen LogP contribution in [-0.2, 0) is 0 Å². The molecule has 8 aliphatic carbocycles. The Kier molecular flexibility index (Phi) is 4.06. The van der Waals surface area contributed by atoms with Gasteiger partial charge in [0, 0.05) is 13.1 Å². The molecule has 2 amide bonds. The SMILES string of the molecule is O=C(NCCC1C2CC3CC(C2)CC1C3)NCC12CC3CC(CC(C3)C1)C2. The van der Waals surface area contributed by atoms with Gasteiger partial charge >= 0.3 is 6.03 Å². The molecule has 8 rings (SSSR count). The molecule has 0 aromatic heterocycles. The lowest BCUT2D eigenvalue weighted by Gasteiger charge is -2.56. The van der Waals surface area contributed by atoms with E-state index in [0.29, 0.717) is 5.41 Å². The average Bonchev–Trinajstić information content (AvgIpc) is 2.61. The van der Waals surface area contributed by atoms with Crippen LogP contribution in [0.5, 0.6) is 0 Å². The van der Waals surface area contributed by atoms with E-state index in [1.165, 1.54) is 77.0 Å². The number of rotatable bonds is 5. The maximum Gasteiger partial charge on any atom is 0.314 e. The standard InChI is InChI=1S/C24H38N2O/c27-23(26-14-24-11-17-4-18(12-24)6-19(5-17)13-24)25-2-1-22-20-7-15-3-16(9-20)10-21(22)8-15/h15-22H,1-14H2,(H2,25,26,27). The van der Waals surface area contributed by atoms with Crippen molar-refractivity contribution in [3.8, 4) is 0 Å². The van der Waals surface area contributed by atoms with E-state index in [0.717, 1.165) is 60.4 Å². The van der Waals surface area contributed by atoms with Gasteiger partial charge in [-0.2, -0.15) is 0 Å². The molecular weight excluding hydrogens is 332 g/mol. The van der Waals surface area contributed by atoms with Gasteiger partial charge in [0.2, 0.25) is 0 Å². The Morgan fingerprint density at radius 2 is 1.22 bits per heavy atom. The Hall–Kier alpha value is -0.730. The molecule has 3 nitrogen and oxygen atoms in total. The minimum Gasteiger partial charge on any atom is -0.338 e. The lowest BCUT2D eigenvalue weighted by atomic mass is 9.49. The number of hydrogen-bond acceptors (Lipinski definition) is 1. The normalized spacial score (nSPS) is 51.6. The largest absolute Gasteiger partial charge is 0.338 e. The Bertz CT molecular complexity index is 536. The predicted molar refractivity (Wildman–Crippen MR) is 107 cm³/mol. The zero-order valence-electron chi connectivity index (χ0n) is 16.9. The maximum absolute atomic E-state index is 12.5. The summed E-state index contributed by atoms with van der Waals surface area (Å²) in [6.07, 6.45) is 17.3. The van der Waals surface area contributed by atoms with Crippen LogP contribution in [0.2, 0.25) is 0 Å². The van der Waals surface area contributed by atoms with Gasteiger partial charge in [0.05, 0.1) is 0 Å². The minimum atomic E-state index is 0.106. The fourth-order valence-corrected chi connectivity index (χ4v) is 9.70. The number of amides is 2. The van der Waals surface area contributed by atoms with Gasteiger partial charge in [-0.1, -0.05) is 0 Å². The highest BCUT2D eigenvalue weighted by atomic mass is 16.2. The zero-order valence-corrected chi connectivity index (χ0v) is 16.9. The van der Waals surface area contributed by atoms with Crippen LogP contribution >= 0.6 is 0 Å². The summed E-state index contributed by atoms with van der Waals surface area (Å²) in [7, 11) is 0. The summed E-state index contributed by atoms with van der Waals surface area (Å²) in [5, 5.41) is 6.52. The Morgan fingerprint density at radius 1 is 0.704 bits per heavy atom. The van der Waals surface area contributed by atoms with Crippen LogP contribution in [0.1, 0.15) is 77.0 Å². The quantitative estimate of drug-likeness (QED) is 0.705. The summed E-state index contributed by atoms with van der Waals surface area (Å²) >= 11 is 0. The van der Waals surface area contributed by atoms with Crippen LogP contribution in [0, 0.1) is 52.8 Å². The summed E-state index contributed by atoms with van der Waals surface area (Å²) < 4.78 is 0. The zero-order chi connectivity index (χ0) is 18.0. The highest BCUT2D eigenvalue weighted by Gasteiger charge is 2.51. The van der Waals surface area contributed by atoms with Crippen molar-refractivity contribution in [1.29, 1.82) is 0 Å². The molecule has 0 unspecified atom stereocenters. The molecule has 0 aromatic rings. The summed E-state index contributed by atoms with van der Waals surface area (Å²) in [5.74, 6) is 7.90. The van der Waals surface area contributed by atoms with Gasteiger partial charge in [0.15, 0.2) is 0 Å². The van der Waals surface area contributed by atoms with Crippen molar-refractivity contribution < 1.29 is 4.79 Å². The molecule has 0 heterocycles. The third kappa shape index (κ3) is 3.12. The molecule has 0 atom stereocenters. The Morgan fingerprint density at radius 3 is 1.78 bits per heavy atom. The van der Waals surface area contributed by atoms with Crippen molar-refractivity contribution in [3.63, 3.8) is 0 Å². The van der Waals surface area contributed by atoms with Gasteiger partial charge in [-0.25, -0.2) is 4.79 Å². The van der Waals surface area contributed by atoms with E-state index in [1.807, 2.05) is 0 Å². The molecule has 8 aliphatic rings. The van der Waals surface area contributed by atoms with Crippen molar-refractivity contribution in [2.75, 3.05) is 13.1 Å². The van der Waals surface area contributed by atoms with Crippen LogP contribution in [0.4, 0.5) is 4.79 Å². The number of carbonyl (C=O) groups is 1.